The van der Waals surface area contributed by atoms with E-state index in [1.54, 1.807) is 24.3 Å². The standard InChI is InChI=1S/C15H10BrClN2O2/c16-13-8-10(17)7-12(14(13)20)15(21)19-11-3-1-9(2-4-11)5-6-18/h1-4,7-8,20H,5H2,(H,19,21). The number of phenolic OH excluding ortho intramolecular Hbond substituents is 1. The highest BCUT2D eigenvalue weighted by Gasteiger charge is 2.15. The maximum absolute atomic E-state index is 12.1. The van der Waals surface area contributed by atoms with Crippen molar-refractivity contribution in [2.75, 3.05) is 5.32 Å². The third-order valence-corrected chi connectivity index (χ3v) is 3.59. The Morgan fingerprint density at radius 3 is 2.62 bits per heavy atom. The lowest BCUT2D eigenvalue weighted by Gasteiger charge is -2.09. The summed E-state index contributed by atoms with van der Waals surface area (Å²) < 4.78 is 0.351. The first-order valence-corrected chi connectivity index (χ1v) is 7.13. The van der Waals surface area contributed by atoms with Gasteiger partial charge in [0.25, 0.3) is 5.91 Å². The highest BCUT2D eigenvalue weighted by Crippen LogP contribution is 2.31. The minimum absolute atomic E-state index is 0.0791. The second-order valence-electron chi connectivity index (χ2n) is 4.27. The summed E-state index contributed by atoms with van der Waals surface area (Å²) in [6.45, 7) is 0. The van der Waals surface area contributed by atoms with Gasteiger partial charge in [0.15, 0.2) is 0 Å². The lowest BCUT2D eigenvalue weighted by Crippen LogP contribution is -2.12. The molecule has 2 rings (SSSR count). The van der Waals surface area contributed by atoms with Crippen LogP contribution in [0.15, 0.2) is 40.9 Å². The monoisotopic (exact) mass is 364 g/mol. The summed E-state index contributed by atoms with van der Waals surface area (Å²) in [6.07, 6.45) is 0.316. The number of carbonyl (C=O) groups excluding carboxylic acids is 1. The first-order chi connectivity index (χ1) is 10.0. The van der Waals surface area contributed by atoms with Crippen LogP contribution in [-0.4, -0.2) is 11.0 Å². The van der Waals surface area contributed by atoms with Gasteiger partial charge in [0.1, 0.15) is 5.75 Å². The molecule has 0 aliphatic rings. The van der Waals surface area contributed by atoms with E-state index in [0.717, 1.165) is 5.56 Å². The smallest absolute Gasteiger partial charge is 0.259 e. The van der Waals surface area contributed by atoms with Crippen molar-refractivity contribution in [3.05, 3.63) is 57.0 Å². The minimum Gasteiger partial charge on any atom is -0.506 e. The Morgan fingerprint density at radius 1 is 1.33 bits per heavy atom. The molecule has 0 bridgehead atoms. The second kappa shape index (κ2) is 6.61. The normalized spacial score (nSPS) is 9.95. The van der Waals surface area contributed by atoms with Gasteiger partial charge in [-0.05, 0) is 45.8 Å². The van der Waals surface area contributed by atoms with E-state index in [1.165, 1.54) is 12.1 Å². The Labute approximate surface area is 135 Å². The lowest BCUT2D eigenvalue weighted by molar-refractivity contribution is 0.102. The summed E-state index contributed by atoms with van der Waals surface area (Å²) in [5.41, 5.74) is 1.51. The highest BCUT2D eigenvalue weighted by atomic mass is 79.9. The molecular formula is C15H10BrClN2O2. The molecule has 1 amide bonds. The average molecular weight is 366 g/mol. The maximum Gasteiger partial charge on any atom is 0.259 e. The number of rotatable bonds is 3. The molecule has 21 heavy (non-hydrogen) atoms. The molecule has 0 saturated heterocycles. The molecule has 0 radical (unpaired) electrons. The van der Waals surface area contributed by atoms with Gasteiger partial charge in [-0.2, -0.15) is 5.26 Å². The molecule has 0 heterocycles. The number of carbonyl (C=O) groups is 1. The van der Waals surface area contributed by atoms with Crippen LogP contribution in [0.4, 0.5) is 5.69 Å². The number of anilines is 1. The first-order valence-electron chi connectivity index (χ1n) is 5.96. The van der Waals surface area contributed by atoms with E-state index in [4.69, 9.17) is 16.9 Å². The fraction of sp³-hybridized carbons (Fsp3) is 0.0667. The molecule has 0 unspecified atom stereocenters. The van der Waals surface area contributed by atoms with Crippen molar-refractivity contribution in [3.8, 4) is 11.8 Å². The van der Waals surface area contributed by atoms with E-state index >= 15 is 0 Å². The van der Waals surface area contributed by atoms with Gasteiger partial charge in [-0.3, -0.25) is 4.79 Å². The zero-order valence-electron chi connectivity index (χ0n) is 10.7. The number of aromatic hydroxyl groups is 1. The van der Waals surface area contributed by atoms with Gasteiger partial charge < -0.3 is 10.4 Å². The van der Waals surface area contributed by atoms with Crippen molar-refractivity contribution in [1.29, 1.82) is 5.26 Å². The van der Waals surface area contributed by atoms with Crippen molar-refractivity contribution >= 4 is 39.1 Å². The van der Waals surface area contributed by atoms with Crippen LogP contribution in [0.25, 0.3) is 0 Å². The van der Waals surface area contributed by atoms with Crippen molar-refractivity contribution in [1.82, 2.24) is 0 Å². The number of amides is 1. The maximum atomic E-state index is 12.1. The molecule has 0 fully saturated rings. The van der Waals surface area contributed by atoms with Crippen LogP contribution in [0.3, 0.4) is 0 Å². The third-order valence-electron chi connectivity index (χ3n) is 2.77. The van der Waals surface area contributed by atoms with Crippen LogP contribution in [0.2, 0.25) is 5.02 Å². The van der Waals surface area contributed by atoms with E-state index in [9.17, 15) is 9.90 Å². The molecular weight excluding hydrogens is 356 g/mol. The Hall–Kier alpha value is -2.03. The SMILES string of the molecule is N#CCc1ccc(NC(=O)c2cc(Cl)cc(Br)c2O)cc1. The first kappa shape index (κ1) is 15.4. The summed E-state index contributed by atoms with van der Waals surface area (Å²) in [6, 6.07) is 11.8. The van der Waals surface area contributed by atoms with E-state index in [-0.39, 0.29) is 11.3 Å². The van der Waals surface area contributed by atoms with E-state index in [0.29, 0.717) is 21.6 Å². The molecule has 106 valence electrons. The Morgan fingerprint density at radius 2 is 2.00 bits per heavy atom. The average Bonchev–Trinajstić information content (AvgIpc) is 2.45. The fourth-order valence-electron chi connectivity index (χ4n) is 1.73. The number of benzene rings is 2. The summed E-state index contributed by atoms with van der Waals surface area (Å²) in [5.74, 6) is -0.637. The Balaban J connectivity index is 2.20. The quantitative estimate of drug-likeness (QED) is 0.859. The van der Waals surface area contributed by atoms with Gasteiger partial charge in [0.05, 0.1) is 22.5 Å². The van der Waals surface area contributed by atoms with Crippen molar-refractivity contribution < 1.29 is 9.90 Å². The van der Waals surface area contributed by atoms with E-state index in [2.05, 4.69) is 21.2 Å². The van der Waals surface area contributed by atoms with Crippen LogP contribution in [0.5, 0.6) is 5.75 Å². The largest absolute Gasteiger partial charge is 0.506 e. The van der Waals surface area contributed by atoms with Crippen LogP contribution < -0.4 is 5.32 Å². The zero-order valence-corrected chi connectivity index (χ0v) is 13.1. The van der Waals surface area contributed by atoms with Crippen molar-refractivity contribution in [2.24, 2.45) is 0 Å². The fourth-order valence-corrected chi connectivity index (χ4v) is 2.54. The predicted octanol–water partition coefficient (Wildman–Crippen LogP) is 4.13. The summed E-state index contributed by atoms with van der Waals surface area (Å²) in [7, 11) is 0. The molecule has 0 aromatic heterocycles. The molecule has 0 aliphatic heterocycles. The van der Waals surface area contributed by atoms with Crippen LogP contribution in [0.1, 0.15) is 15.9 Å². The van der Waals surface area contributed by atoms with Gasteiger partial charge >= 0.3 is 0 Å². The molecule has 0 spiro atoms. The number of hydrogen-bond donors (Lipinski definition) is 2. The summed E-state index contributed by atoms with van der Waals surface area (Å²) in [4.78, 5) is 12.1. The second-order valence-corrected chi connectivity index (χ2v) is 5.56. The molecule has 0 atom stereocenters. The van der Waals surface area contributed by atoms with E-state index in [1.807, 2.05) is 6.07 Å². The molecule has 0 saturated carbocycles. The molecule has 2 aromatic rings. The number of nitrogens with zero attached hydrogens (tertiary/aromatic N) is 1. The van der Waals surface area contributed by atoms with Crippen molar-refractivity contribution in [3.63, 3.8) is 0 Å². The molecule has 0 aliphatic carbocycles. The number of hydrogen-bond acceptors (Lipinski definition) is 3. The van der Waals surface area contributed by atoms with Gasteiger partial charge in [0, 0.05) is 10.7 Å². The van der Waals surface area contributed by atoms with Crippen LogP contribution in [-0.2, 0) is 6.42 Å². The topological polar surface area (TPSA) is 73.1 Å². The molecule has 6 heteroatoms. The molecule has 4 nitrogen and oxygen atoms in total. The van der Waals surface area contributed by atoms with Gasteiger partial charge in [-0.15, -0.1) is 0 Å². The number of nitrogens with one attached hydrogen (secondary N) is 1. The summed E-state index contributed by atoms with van der Waals surface area (Å²) >= 11 is 9.01. The zero-order chi connectivity index (χ0) is 15.4. The van der Waals surface area contributed by atoms with Gasteiger partial charge in [-0.1, -0.05) is 23.7 Å². The third kappa shape index (κ3) is 3.75. The Bertz CT molecular complexity index is 724. The van der Waals surface area contributed by atoms with Gasteiger partial charge in [0.2, 0.25) is 0 Å². The van der Waals surface area contributed by atoms with Crippen LogP contribution >= 0.6 is 27.5 Å². The molecule has 2 aromatic carbocycles. The van der Waals surface area contributed by atoms with Gasteiger partial charge in [-0.25, -0.2) is 0 Å². The Kier molecular flexibility index (Phi) is 4.84. The highest BCUT2D eigenvalue weighted by molar-refractivity contribution is 9.10. The number of phenols is 1. The van der Waals surface area contributed by atoms with E-state index < -0.39 is 5.91 Å². The van der Waals surface area contributed by atoms with Crippen LogP contribution in [0, 0.1) is 11.3 Å². The predicted molar refractivity (Wildman–Crippen MR) is 84.5 cm³/mol. The number of nitriles is 1. The van der Waals surface area contributed by atoms with Crippen molar-refractivity contribution in [2.45, 2.75) is 6.42 Å². The molecule has 2 N–H and O–H groups in total. The minimum atomic E-state index is -0.469. The lowest BCUT2D eigenvalue weighted by atomic mass is 10.1. The number of halogens is 2. The summed E-state index contributed by atoms with van der Waals surface area (Å²) in [5, 5.41) is 21.5.